The van der Waals surface area contributed by atoms with Crippen molar-refractivity contribution in [2.75, 3.05) is 13.2 Å². The largest absolute Gasteiger partial charge is 0.508 e. The van der Waals surface area contributed by atoms with Gasteiger partial charge < -0.3 is 20.1 Å². The highest BCUT2D eigenvalue weighted by atomic mass is 32.2. The van der Waals surface area contributed by atoms with Crippen LogP contribution in [0.4, 0.5) is 0 Å². The summed E-state index contributed by atoms with van der Waals surface area (Å²) in [5, 5.41) is 27.4. The fourth-order valence-electron chi connectivity index (χ4n) is 3.34. The van der Waals surface area contributed by atoms with Crippen LogP contribution in [0.1, 0.15) is 49.3 Å². The Morgan fingerprint density at radius 1 is 1.03 bits per heavy atom. The quantitative estimate of drug-likeness (QED) is 0.288. The first-order valence-corrected chi connectivity index (χ1v) is 11.7. The van der Waals surface area contributed by atoms with E-state index in [1.807, 2.05) is 19.1 Å². The molecule has 8 heteroatoms. The third-order valence-electron chi connectivity index (χ3n) is 5.12. The Labute approximate surface area is 183 Å². The zero-order valence-corrected chi connectivity index (χ0v) is 18.3. The second-order valence-electron chi connectivity index (χ2n) is 7.32. The van der Waals surface area contributed by atoms with Crippen LogP contribution in [0.2, 0.25) is 0 Å². The molecule has 0 aliphatic heterocycles. The lowest BCUT2D eigenvalue weighted by molar-refractivity contribution is 0.201. The highest BCUT2D eigenvalue weighted by Crippen LogP contribution is 2.30. The molecule has 0 radical (unpaired) electrons. The molecule has 0 aliphatic rings. The molecule has 2 aromatic rings. The number of hydrogen-bond acceptors (Lipinski definition) is 6. The van der Waals surface area contributed by atoms with Crippen LogP contribution in [0.25, 0.3) is 0 Å². The number of allylic oxidation sites excluding steroid dienone is 1. The smallest absolute Gasteiger partial charge is 0.268 e. The van der Waals surface area contributed by atoms with E-state index in [-0.39, 0.29) is 37.7 Å². The van der Waals surface area contributed by atoms with Gasteiger partial charge in [-0.3, -0.25) is 4.55 Å². The second kappa shape index (κ2) is 11.9. The molecular formula is C23H30O7S. The molecule has 3 atom stereocenters. The van der Waals surface area contributed by atoms with Crippen molar-refractivity contribution in [3.63, 3.8) is 0 Å². The van der Waals surface area contributed by atoms with Gasteiger partial charge in [-0.25, -0.2) is 0 Å². The van der Waals surface area contributed by atoms with E-state index < -0.39 is 21.5 Å². The van der Waals surface area contributed by atoms with Gasteiger partial charge in [-0.1, -0.05) is 43.3 Å². The Morgan fingerprint density at radius 2 is 1.65 bits per heavy atom. The molecule has 0 spiro atoms. The summed E-state index contributed by atoms with van der Waals surface area (Å²) in [6.07, 6.45) is 3.04. The number of rotatable bonds is 12. The van der Waals surface area contributed by atoms with E-state index in [4.69, 9.17) is 9.84 Å². The molecule has 0 saturated carbocycles. The molecular weight excluding hydrogens is 420 g/mol. The van der Waals surface area contributed by atoms with E-state index in [1.54, 1.807) is 30.3 Å². The molecule has 0 saturated heterocycles. The van der Waals surface area contributed by atoms with Gasteiger partial charge >= 0.3 is 0 Å². The van der Waals surface area contributed by atoms with Gasteiger partial charge in [0.2, 0.25) is 0 Å². The molecule has 31 heavy (non-hydrogen) atoms. The van der Waals surface area contributed by atoms with Crippen LogP contribution < -0.4 is 4.74 Å². The van der Waals surface area contributed by atoms with Crippen LogP contribution in [0.15, 0.2) is 60.7 Å². The number of ether oxygens (including phenoxy) is 1. The summed E-state index contributed by atoms with van der Waals surface area (Å²) in [5.74, 6) is 0.615. The molecule has 4 N–H and O–H groups in total. The van der Waals surface area contributed by atoms with Gasteiger partial charge in [-0.05, 0) is 60.6 Å². The van der Waals surface area contributed by atoms with Gasteiger partial charge in [0.1, 0.15) is 18.1 Å². The van der Waals surface area contributed by atoms with Gasteiger partial charge in [-0.2, -0.15) is 8.42 Å². The minimum Gasteiger partial charge on any atom is -0.508 e. The Kier molecular flexibility index (Phi) is 9.51. The van der Waals surface area contributed by atoms with Crippen molar-refractivity contribution >= 4 is 10.1 Å². The number of phenolic OH excluding ortho intramolecular Hbond substituents is 1. The first-order valence-electron chi connectivity index (χ1n) is 10.2. The first-order chi connectivity index (χ1) is 14.7. The fourth-order valence-corrected chi connectivity index (χ4v) is 4.17. The maximum atomic E-state index is 12.0. The van der Waals surface area contributed by atoms with Crippen molar-refractivity contribution in [3.05, 3.63) is 71.8 Å². The molecule has 0 aromatic heterocycles. The topological polar surface area (TPSA) is 124 Å². The SMILES string of the molecule is CC[C@H](C[C@H](CC=C[C@@H](O)c1ccc(O)cc1)S(=O)(=O)O)c1ccc(OCCO)cc1. The average Bonchev–Trinajstić information content (AvgIpc) is 2.74. The number of benzene rings is 2. The summed E-state index contributed by atoms with van der Waals surface area (Å²) < 4.78 is 39.0. The van der Waals surface area contributed by atoms with Crippen molar-refractivity contribution in [2.45, 2.75) is 43.5 Å². The molecule has 7 nitrogen and oxygen atoms in total. The van der Waals surface area contributed by atoms with E-state index in [1.165, 1.54) is 18.2 Å². The van der Waals surface area contributed by atoms with Crippen molar-refractivity contribution in [1.82, 2.24) is 0 Å². The van der Waals surface area contributed by atoms with Crippen LogP contribution >= 0.6 is 0 Å². The zero-order valence-electron chi connectivity index (χ0n) is 17.5. The summed E-state index contributed by atoms with van der Waals surface area (Å²) in [4.78, 5) is 0. The molecule has 0 unspecified atom stereocenters. The molecule has 0 aliphatic carbocycles. The van der Waals surface area contributed by atoms with Crippen LogP contribution in [0.3, 0.4) is 0 Å². The molecule has 170 valence electrons. The standard InChI is InChI=1S/C23H30O7S/c1-2-17(18-8-12-21(13-9-18)30-15-14-24)16-22(31(27,28)29)4-3-5-23(26)19-6-10-20(25)11-7-19/h3,5-13,17,22-26H,2,4,14-16H2,1H3,(H,27,28,29)/t17-,22+,23-/m1/s1. The van der Waals surface area contributed by atoms with Gasteiger partial charge in [0.05, 0.1) is 18.0 Å². The third-order valence-corrected chi connectivity index (χ3v) is 6.35. The van der Waals surface area contributed by atoms with E-state index >= 15 is 0 Å². The van der Waals surface area contributed by atoms with Crippen LogP contribution in [0, 0.1) is 0 Å². The Morgan fingerprint density at radius 3 is 2.19 bits per heavy atom. The van der Waals surface area contributed by atoms with Crippen LogP contribution in [-0.4, -0.2) is 46.8 Å². The number of aromatic hydroxyl groups is 1. The van der Waals surface area contributed by atoms with E-state index in [2.05, 4.69) is 0 Å². The predicted octanol–water partition coefficient (Wildman–Crippen LogP) is 3.58. The molecule has 0 amide bonds. The summed E-state index contributed by atoms with van der Waals surface area (Å²) in [6.45, 7) is 2.07. The molecule has 2 rings (SSSR count). The van der Waals surface area contributed by atoms with E-state index in [0.717, 1.165) is 5.56 Å². The second-order valence-corrected chi connectivity index (χ2v) is 9.02. The van der Waals surface area contributed by atoms with Gasteiger partial charge in [-0.15, -0.1) is 0 Å². The summed E-state index contributed by atoms with van der Waals surface area (Å²) >= 11 is 0. The zero-order chi connectivity index (χ0) is 22.9. The number of aliphatic hydroxyl groups is 2. The maximum absolute atomic E-state index is 12.0. The lowest BCUT2D eigenvalue weighted by Crippen LogP contribution is -2.22. The third kappa shape index (κ3) is 7.99. The van der Waals surface area contributed by atoms with E-state index in [9.17, 15) is 23.2 Å². The Hall–Kier alpha value is -2.39. The average molecular weight is 451 g/mol. The minimum absolute atomic E-state index is 0.0577. The van der Waals surface area contributed by atoms with Crippen LogP contribution in [-0.2, 0) is 10.1 Å². The number of hydrogen-bond donors (Lipinski definition) is 4. The van der Waals surface area contributed by atoms with Crippen molar-refractivity contribution in [1.29, 1.82) is 0 Å². The number of phenols is 1. The van der Waals surface area contributed by atoms with Gasteiger partial charge in [0, 0.05) is 0 Å². The Bertz CT molecular complexity index is 921. The predicted molar refractivity (Wildman–Crippen MR) is 119 cm³/mol. The highest BCUT2D eigenvalue weighted by molar-refractivity contribution is 7.86. The molecule has 2 aromatic carbocycles. The molecule has 0 heterocycles. The van der Waals surface area contributed by atoms with Crippen LogP contribution in [0.5, 0.6) is 11.5 Å². The lowest BCUT2D eigenvalue weighted by atomic mass is 9.91. The minimum atomic E-state index is -4.28. The maximum Gasteiger partial charge on any atom is 0.268 e. The summed E-state index contributed by atoms with van der Waals surface area (Å²) in [7, 11) is -4.28. The summed E-state index contributed by atoms with van der Waals surface area (Å²) in [6, 6.07) is 13.3. The lowest BCUT2D eigenvalue weighted by Gasteiger charge is -2.21. The highest BCUT2D eigenvalue weighted by Gasteiger charge is 2.26. The van der Waals surface area contributed by atoms with Gasteiger partial charge in [0.25, 0.3) is 10.1 Å². The van der Waals surface area contributed by atoms with Gasteiger partial charge in [0.15, 0.2) is 0 Å². The molecule has 0 bridgehead atoms. The fraction of sp³-hybridized carbons (Fsp3) is 0.391. The van der Waals surface area contributed by atoms with E-state index in [0.29, 0.717) is 17.7 Å². The van der Waals surface area contributed by atoms with Crippen molar-refractivity contribution in [2.24, 2.45) is 0 Å². The first kappa shape index (κ1) is 24.9. The normalized spacial score (nSPS) is 15.0. The van der Waals surface area contributed by atoms with Crippen molar-refractivity contribution in [3.8, 4) is 11.5 Å². The Balaban J connectivity index is 2.06. The number of aliphatic hydroxyl groups excluding tert-OH is 2. The summed E-state index contributed by atoms with van der Waals surface area (Å²) in [5.41, 5.74) is 1.49. The monoisotopic (exact) mass is 450 g/mol. The molecule has 0 fully saturated rings. The van der Waals surface area contributed by atoms with Crippen molar-refractivity contribution < 1.29 is 33.0 Å².